The number of halogens is 1. The summed E-state index contributed by atoms with van der Waals surface area (Å²) >= 11 is 0. The molecule has 0 atom stereocenters. The molecule has 7 nitrogen and oxygen atoms in total. The third kappa shape index (κ3) is 5.83. The van der Waals surface area contributed by atoms with Crippen LogP contribution >= 0.6 is 0 Å². The first-order valence-electron chi connectivity index (χ1n) is 9.21. The molecule has 156 valence electrons. The number of anilines is 1. The van der Waals surface area contributed by atoms with Crippen LogP contribution < -0.4 is 15.5 Å². The first kappa shape index (κ1) is 21.4. The maximum Gasteiger partial charge on any atom is 0.343 e. The first-order valence-corrected chi connectivity index (χ1v) is 9.21. The number of nitrogens with zero attached hydrogens (tertiary/aromatic N) is 1. The highest BCUT2D eigenvalue weighted by Crippen LogP contribution is 2.18. The van der Waals surface area contributed by atoms with Gasteiger partial charge in [0.1, 0.15) is 11.6 Å². The van der Waals surface area contributed by atoms with E-state index in [1.54, 1.807) is 42.5 Å². The predicted molar refractivity (Wildman–Crippen MR) is 113 cm³/mol. The minimum absolute atomic E-state index is 0.125. The lowest BCUT2D eigenvalue weighted by molar-refractivity contribution is -0.136. The van der Waals surface area contributed by atoms with Gasteiger partial charge in [-0.15, -0.1) is 0 Å². The molecular weight excluding hydrogens is 401 g/mol. The molecule has 0 spiro atoms. The third-order valence-corrected chi connectivity index (χ3v) is 4.07. The van der Waals surface area contributed by atoms with Crippen molar-refractivity contribution < 1.29 is 23.5 Å². The van der Waals surface area contributed by atoms with Crippen molar-refractivity contribution in [1.82, 2.24) is 5.43 Å². The number of nitrogens with one attached hydrogen (secondary N) is 2. The Labute approximate surface area is 177 Å². The van der Waals surface area contributed by atoms with Crippen molar-refractivity contribution in [2.45, 2.75) is 6.92 Å². The number of para-hydroxylation sites is 2. The van der Waals surface area contributed by atoms with E-state index in [4.69, 9.17) is 4.74 Å². The Hall–Kier alpha value is -4.33. The zero-order valence-electron chi connectivity index (χ0n) is 16.5. The Morgan fingerprint density at radius 3 is 2.45 bits per heavy atom. The highest BCUT2D eigenvalue weighted by atomic mass is 19.1. The van der Waals surface area contributed by atoms with Crippen LogP contribution in [0, 0.1) is 12.7 Å². The van der Waals surface area contributed by atoms with Crippen LogP contribution in [0.1, 0.15) is 21.5 Å². The maximum atomic E-state index is 13.6. The Kier molecular flexibility index (Phi) is 6.85. The number of hydrazone groups is 1. The summed E-state index contributed by atoms with van der Waals surface area (Å²) < 4.78 is 19.0. The van der Waals surface area contributed by atoms with E-state index in [2.05, 4.69) is 10.4 Å². The molecule has 0 heterocycles. The van der Waals surface area contributed by atoms with Gasteiger partial charge in [-0.25, -0.2) is 14.6 Å². The molecule has 0 aliphatic carbocycles. The summed E-state index contributed by atoms with van der Waals surface area (Å²) in [4.78, 5) is 36.1. The fraction of sp³-hybridized carbons (Fsp3) is 0.0435. The number of esters is 1. The van der Waals surface area contributed by atoms with Crippen molar-refractivity contribution in [2.75, 3.05) is 5.32 Å². The lowest BCUT2D eigenvalue weighted by Gasteiger charge is -2.08. The Bertz CT molecular complexity index is 1160. The second-order valence-electron chi connectivity index (χ2n) is 6.43. The van der Waals surface area contributed by atoms with Gasteiger partial charge in [-0.05, 0) is 43.3 Å². The number of hydrogen-bond donors (Lipinski definition) is 2. The number of amides is 2. The second kappa shape index (κ2) is 9.93. The van der Waals surface area contributed by atoms with Crippen molar-refractivity contribution >= 4 is 29.7 Å². The summed E-state index contributed by atoms with van der Waals surface area (Å²) in [6.45, 7) is 1.86. The van der Waals surface area contributed by atoms with E-state index in [0.29, 0.717) is 11.1 Å². The van der Waals surface area contributed by atoms with E-state index in [-0.39, 0.29) is 11.4 Å². The standard InChI is InChI=1S/C23H18FN3O4/c1-15-7-6-9-16(13-15)23(30)31-20-12-5-2-8-17(20)14-25-27-22(29)21(28)26-19-11-4-3-10-18(19)24/h2-14H,1H3,(H,26,28)(H,27,29)/b25-14+. The van der Waals surface area contributed by atoms with Crippen molar-refractivity contribution in [1.29, 1.82) is 0 Å². The SMILES string of the molecule is Cc1cccc(C(=O)Oc2ccccc2/C=N/NC(=O)C(=O)Nc2ccccc2F)c1. The van der Waals surface area contributed by atoms with Crippen LogP contribution in [0.5, 0.6) is 5.75 Å². The summed E-state index contributed by atoms with van der Waals surface area (Å²) in [7, 11) is 0. The number of carbonyl (C=O) groups excluding carboxylic acids is 3. The van der Waals surface area contributed by atoms with Crippen molar-refractivity contribution in [3.05, 3.63) is 95.3 Å². The number of benzene rings is 3. The number of aryl methyl sites for hydroxylation is 1. The van der Waals surface area contributed by atoms with Gasteiger partial charge in [-0.1, -0.05) is 42.0 Å². The van der Waals surface area contributed by atoms with Crippen molar-refractivity contribution in [3.63, 3.8) is 0 Å². The molecule has 31 heavy (non-hydrogen) atoms. The number of carbonyl (C=O) groups is 3. The van der Waals surface area contributed by atoms with E-state index in [0.717, 1.165) is 11.6 Å². The molecule has 2 N–H and O–H groups in total. The van der Waals surface area contributed by atoms with Crippen LogP contribution in [-0.4, -0.2) is 24.0 Å². The molecule has 2 amide bonds. The van der Waals surface area contributed by atoms with E-state index in [9.17, 15) is 18.8 Å². The van der Waals surface area contributed by atoms with Gasteiger partial charge in [0.15, 0.2) is 0 Å². The third-order valence-electron chi connectivity index (χ3n) is 4.07. The average molecular weight is 419 g/mol. The molecule has 3 rings (SSSR count). The van der Waals surface area contributed by atoms with Gasteiger partial charge < -0.3 is 10.1 Å². The minimum Gasteiger partial charge on any atom is -0.422 e. The molecule has 8 heteroatoms. The molecule has 0 aliphatic heterocycles. The summed E-state index contributed by atoms with van der Waals surface area (Å²) in [5, 5.41) is 5.86. The van der Waals surface area contributed by atoms with Gasteiger partial charge in [0, 0.05) is 5.56 Å². The van der Waals surface area contributed by atoms with E-state index in [1.807, 2.05) is 18.4 Å². The highest BCUT2D eigenvalue weighted by Gasteiger charge is 2.15. The lowest BCUT2D eigenvalue weighted by Crippen LogP contribution is -2.32. The zero-order valence-corrected chi connectivity index (χ0v) is 16.5. The molecule has 0 aliphatic rings. The smallest absolute Gasteiger partial charge is 0.343 e. The van der Waals surface area contributed by atoms with Crippen molar-refractivity contribution in [2.24, 2.45) is 5.10 Å². The van der Waals surface area contributed by atoms with Gasteiger partial charge in [0.2, 0.25) is 0 Å². The largest absolute Gasteiger partial charge is 0.422 e. The summed E-state index contributed by atoms with van der Waals surface area (Å²) in [5.74, 6) is -3.16. The summed E-state index contributed by atoms with van der Waals surface area (Å²) in [6, 6.07) is 19.0. The fourth-order valence-corrected chi connectivity index (χ4v) is 2.56. The Morgan fingerprint density at radius 2 is 1.68 bits per heavy atom. The topological polar surface area (TPSA) is 96.9 Å². The van der Waals surface area contributed by atoms with E-state index < -0.39 is 23.6 Å². The minimum atomic E-state index is -1.09. The summed E-state index contributed by atoms with van der Waals surface area (Å²) in [6.07, 6.45) is 1.23. The van der Waals surface area contributed by atoms with Crippen LogP contribution in [0.4, 0.5) is 10.1 Å². The zero-order chi connectivity index (χ0) is 22.2. The lowest BCUT2D eigenvalue weighted by atomic mass is 10.1. The van der Waals surface area contributed by atoms with E-state index >= 15 is 0 Å². The number of rotatable bonds is 5. The Morgan fingerprint density at radius 1 is 0.935 bits per heavy atom. The molecule has 0 unspecified atom stereocenters. The van der Waals surface area contributed by atoms with Gasteiger partial charge in [0.25, 0.3) is 0 Å². The first-order chi connectivity index (χ1) is 14.9. The Balaban J connectivity index is 1.63. The van der Waals surface area contributed by atoms with Crippen LogP contribution in [0.25, 0.3) is 0 Å². The molecule has 3 aromatic carbocycles. The monoisotopic (exact) mass is 419 g/mol. The van der Waals surface area contributed by atoms with Crippen LogP contribution in [0.15, 0.2) is 77.9 Å². The molecule has 0 bridgehead atoms. The average Bonchev–Trinajstić information content (AvgIpc) is 2.76. The fourth-order valence-electron chi connectivity index (χ4n) is 2.56. The van der Waals surface area contributed by atoms with Crippen molar-refractivity contribution in [3.8, 4) is 5.75 Å². The molecule has 0 saturated heterocycles. The van der Waals surface area contributed by atoms with Crippen LogP contribution in [0.2, 0.25) is 0 Å². The van der Waals surface area contributed by atoms with E-state index in [1.165, 1.54) is 24.4 Å². The van der Waals surface area contributed by atoms with Gasteiger partial charge in [0.05, 0.1) is 17.5 Å². The molecular formula is C23H18FN3O4. The summed E-state index contributed by atoms with van der Waals surface area (Å²) in [5.41, 5.74) is 3.63. The van der Waals surface area contributed by atoms with Gasteiger partial charge in [-0.2, -0.15) is 5.10 Å². The molecule has 0 saturated carbocycles. The molecule has 0 aromatic heterocycles. The quantitative estimate of drug-likeness (QED) is 0.218. The predicted octanol–water partition coefficient (Wildman–Crippen LogP) is 3.44. The second-order valence-corrected chi connectivity index (χ2v) is 6.43. The number of hydrogen-bond acceptors (Lipinski definition) is 5. The molecule has 0 radical (unpaired) electrons. The highest BCUT2D eigenvalue weighted by molar-refractivity contribution is 6.39. The van der Waals surface area contributed by atoms with Gasteiger partial charge in [-0.3, -0.25) is 9.59 Å². The van der Waals surface area contributed by atoms with Gasteiger partial charge >= 0.3 is 17.8 Å². The normalized spacial score (nSPS) is 10.5. The van der Waals surface area contributed by atoms with Crippen LogP contribution in [-0.2, 0) is 9.59 Å². The number of ether oxygens (including phenoxy) is 1. The molecule has 0 fully saturated rings. The molecule has 3 aromatic rings. The maximum absolute atomic E-state index is 13.6. The van der Waals surface area contributed by atoms with Crippen LogP contribution in [0.3, 0.4) is 0 Å².